The smallest absolute Gasteiger partial charge is 0.331 e. The van der Waals surface area contributed by atoms with Gasteiger partial charge < -0.3 is 24.8 Å². The number of carbonyl (C=O) groups excluding carboxylic acids is 3. The summed E-state index contributed by atoms with van der Waals surface area (Å²) in [5.74, 6) is -2.62. The van der Waals surface area contributed by atoms with Crippen LogP contribution >= 0.6 is 0 Å². The standard InChI is InChI=1S/C31H38O8/c1-17-21(33)16-31(37)27(36)25-18(2)22(39-23(34)13-12-20-10-8-7-9-11-20)14-15-30(25,6)28(38-19(3)32)26(35)24(17)29(31,4)5/h7-13,22,25-28,35-37H,2,14-16H2,1,3-6H3/b13-12+/t22-,25-,26+,27-,28-,30+,31+/m0/s1. The fraction of sp³-hybridized carbons (Fsp3) is 0.516. The molecule has 8 nitrogen and oxygen atoms in total. The first-order valence-electron chi connectivity index (χ1n) is 13.3. The molecule has 39 heavy (non-hydrogen) atoms. The molecular formula is C31H38O8. The van der Waals surface area contributed by atoms with Crippen molar-refractivity contribution in [3.8, 4) is 0 Å². The Labute approximate surface area is 229 Å². The van der Waals surface area contributed by atoms with Crippen molar-refractivity contribution >= 4 is 23.8 Å². The van der Waals surface area contributed by atoms with Crippen molar-refractivity contribution in [1.29, 1.82) is 0 Å². The number of carbonyl (C=O) groups is 3. The van der Waals surface area contributed by atoms with Crippen molar-refractivity contribution in [3.05, 3.63) is 65.3 Å². The summed E-state index contributed by atoms with van der Waals surface area (Å²) < 4.78 is 11.5. The minimum absolute atomic E-state index is 0.247. The molecule has 7 atom stereocenters. The highest BCUT2D eigenvalue weighted by Gasteiger charge is 2.67. The predicted octanol–water partition coefficient (Wildman–Crippen LogP) is 3.30. The Kier molecular flexibility index (Phi) is 7.53. The number of hydrogen-bond donors (Lipinski definition) is 3. The lowest BCUT2D eigenvalue weighted by atomic mass is 9.48. The Bertz CT molecular complexity index is 1240. The largest absolute Gasteiger partial charge is 0.459 e. The minimum Gasteiger partial charge on any atom is -0.459 e. The Morgan fingerprint density at radius 2 is 1.74 bits per heavy atom. The Balaban J connectivity index is 1.76. The Morgan fingerprint density at radius 1 is 1.10 bits per heavy atom. The molecule has 2 bridgehead atoms. The van der Waals surface area contributed by atoms with E-state index in [-0.39, 0.29) is 24.0 Å². The third-order valence-electron chi connectivity index (χ3n) is 9.28. The highest BCUT2D eigenvalue weighted by atomic mass is 16.6. The van der Waals surface area contributed by atoms with Gasteiger partial charge in [-0.05, 0) is 48.1 Å². The molecule has 0 saturated heterocycles. The summed E-state index contributed by atoms with van der Waals surface area (Å²) in [5, 5.41) is 35.7. The van der Waals surface area contributed by atoms with E-state index >= 15 is 0 Å². The summed E-state index contributed by atoms with van der Waals surface area (Å²) in [4.78, 5) is 38.0. The molecular weight excluding hydrogens is 500 g/mol. The van der Waals surface area contributed by atoms with Crippen LogP contribution in [0.1, 0.15) is 59.4 Å². The molecule has 0 heterocycles. The van der Waals surface area contributed by atoms with Crippen LogP contribution in [0.3, 0.4) is 0 Å². The maximum absolute atomic E-state index is 13.1. The van der Waals surface area contributed by atoms with E-state index in [2.05, 4.69) is 6.58 Å². The lowest BCUT2D eigenvalue weighted by Crippen LogP contribution is -2.69. The second-order valence-corrected chi connectivity index (χ2v) is 11.9. The molecule has 0 radical (unpaired) electrons. The van der Waals surface area contributed by atoms with Crippen LogP contribution in [0, 0.1) is 16.7 Å². The van der Waals surface area contributed by atoms with E-state index in [1.54, 1.807) is 33.8 Å². The van der Waals surface area contributed by atoms with Gasteiger partial charge in [0.15, 0.2) is 5.78 Å². The SMILES string of the molecule is C=C1[C@@H](OC(=O)/C=C/c2ccccc2)CC[C@@]2(C)[C@@H](OC(C)=O)[C@H](O)C3=C(C)C(=O)C[C@@](O)([C@@H](O)[C@H]12)C3(C)C. The first-order valence-corrected chi connectivity index (χ1v) is 13.3. The first-order chi connectivity index (χ1) is 18.1. The third-order valence-corrected chi connectivity index (χ3v) is 9.28. The van der Waals surface area contributed by atoms with E-state index in [0.29, 0.717) is 12.0 Å². The van der Waals surface area contributed by atoms with Gasteiger partial charge in [-0.1, -0.05) is 57.7 Å². The number of fused-ring (bicyclic) bond motifs is 3. The van der Waals surface area contributed by atoms with Crippen molar-refractivity contribution in [2.75, 3.05) is 0 Å². The minimum atomic E-state index is -1.96. The number of rotatable bonds is 4. The summed E-state index contributed by atoms with van der Waals surface area (Å²) >= 11 is 0. The van der Waals surface area contributed by atoms with Crippen LogP contribution in [-0.2, 0) is 23.9 Å². The summed E-state index contributed by atoms with van der Waals surface area (Å²) in [6.45, 7) is 12.1. The van der Waals surface area contributed by atoms with Crippen LogP contribution < -0.4 is 0 Å². The predicted molar refractivity (Wildman–Crippen MR) is 144 cm³/mol. The quantitative estimate of drug-likeness (QED) is 0.303. The average molecular weight is 539 g/mol. The van der Waals surface area contributed by atoms with E-state index in [1.807, 2.05) is 30.3 Å². The molecule has 2 saturated carbocycles. The lowest BCUT2D eigenvalue weighted by molar-refractivity contribution is -0.222. The van der Waals surface area contributed by atoms with Gasteiger partial charge in [-0.15, -0.1) is 0 Å². The van der Waals surface area contributed by atoms with Gasteiger partial charge in [0.2, 0.25) is 0 Å². The monoisotopic (exact) mass is 538 g/mol. The van der Waals surface area contributed by atoms with Crippen LogP contribution in [0.25, 0.3) is 6.08 Å². The highest BCUT2D eigenvalue weighted by Crippen LogP contribution is 2.60. The van der Waals surface area contributed by atoms with Gasteiger partial charge in [0.1, 0.15) is 23.9 Å². The maximum Gasteiger partial charge on any atom is 0.331 e. The number of allylic oxidation sites excluding steroid dienone is 1. The number of ether oxygens (including phenoxy) is 2. The molecule has 3 aliphatic rings. The number of esters is 2. The van der Waals surface area contributed by atoms with Crippen LogP contribution in [0.5, 0.6) is 0 Å². The number of benzene rings is 1. The van der Waals surface area contributed by atoms with Gasteiger partial charge in [-0.25, -0.2) is 4.79 Å². The second-order valence-electron chi connectivity index (χ2n) is 11.9. The molecule has 3 N–H and O–H groups in total. The number of hydrogen-bond acceptors (Lipinski definition) is 8. The zero-order chi connectivity index (χ0) is 28.9. The van der Waals surface area contributed by atoms with Gasteiger partial charge >= 0.3 is 11.9 Å². The second kappa shape index (κ2) is 10.2. The fourth-order valence-corrected chi connectivity index (χ4v) is 7.01. The van der Waals surface area contributed by atoms with E-state index in [0.717, 1.165) is 5.56 Å². The fourth-order valence-electron chi connectivity index (χ4n) is 7.01. The van der Waals surface area contributed by atoms with Crippen molar-refractivity contribution in [2.24, 2.45) is 16.7 Å². The average Bonchev–Trinajstić information content (AvgIpc) is 2.86. The molecule has 0 spiro atoms. The van der Waals surface area contributed by atoms with Crippen LogP contribution in [-0.4, -0.2) is 63.1 Å². The zero-order valence-corrected chi connectivity index (χ0v) is 23.1. The summed E-state index contributed by atoms with van der Waals surface area (Å²) in [6, 6.07) is 9.26. The molecule has 8 heteroatoms. The van der Waals surface area contributed by atoms with Crippen molar-refractivity contribution < 1.29 is 39.2 Å². The normalized spacial score (nSPS) is 36.2. The van der Waals surface area contributed by atoms with E-state index in [9.17, 15) is 29.7 Å². The molecule has 2 fully saturated rings. The molecule has 3 aliphatic carbocycles. The molecule has 1 aromatic carbocycles. The van der Waals surface area contributed by atoms with Gasteiger partial charge in [0.05, 0.1) is 6.10 Å². The van der Waals surface area contributed by atoms with Crippen molar-refractivity contribution in [1.82, 2.24) is 0 Å². The van der Waals surface area contributed by atoms with Crippen LogP contribution in [0.15, 0.2) is 59.7 Å². The lowest BCUT2D eigenvalue weighted by Gasteiger charge is -2.61. The molecule has 0 aromatic heterocycles. The molecule has 0 unspecified atom stereocenters. The summed E-state index contributed by atoms with van der Waals surface area (Å²) in [6.07, 6.45) is -1.75. The Morgan fingerprint density at radius 3 is 2.36 bits per heavy atom. The van der Waals surface area contributed by atoms with Crippen LogP contribution in [0.2, 0.25) is 0 Å². The number of Topliss-reactive ketones (excluding diaryl/α,β-unsaturated/α-hetero) is 1. The first kappa shape index (κ1) is 28.9. The Hall–Kier alpha value is -3.07. The highest BCUT2D eigenvalue weighted by molar-refractivity contribution is 5.98. The number of aliphatic hydroxyl groups is 3. The van der Waals surface area contributed by atoms with Crippen molar-refractivity contribution in [2.45, 2.75) is 83.9 Å². The molecule has 0 aliphatic heterocycles. The number of aliphatic hydroxyl groups excluding tert-OH is 2. The topological polar surface area (TPSA) is 130 Å². The van der Waals surface area contributed by atoms with Gasteiger partial charge in [-0.3, -0.25) is 9.59 Å². The van der Waals surface area contributed by atoms with E-state index in [1.165, 1.54) is 13.0 Å². The molecule has 210 valence electrons. The van der Waals surface area contributed by atoms with E-state index in [4.69, 9.17) is 9.47 Å². The molecule has 0 amide bonds. The van der Waals surface area contributed by atoms with Gasteiger partial charge in [-0.2, -0.15) is 0 Å². The summed E-state index contributed by atoms with van der Waals surface area (Å²) in [7, 11) is 0. The molecule has 4 rings (SSSR count). The zero-order valence-electron chi connectivity index (χ0n) is 23.1. The van der Waals surface area contributed by atoms with Crippen molar-refractivity contribution in [3.63, 3.8) is 0 Å². The van der Waals surface area contributed by atoms with Gasteiger partial charge in [0, 0.05) is 36.2 Å². The third kappa shape index (κ3) is 4.68. The number of ketones is 1. The van der Waals surface area contributed by atoms with Crippen LogP contribution in [0.4, 0.5) is 0 Å². The summed E-state index contributed by atoms with van der Waals surface area (Å²) in [5.41, 5.74) is -2.63. The van der Waals surface area contributed by atoms with E-state index < -0.39 is 64.5 Å². The maximum atomic E-state index is 13.1. The molecule has 1 aromatic rings. The van der Waals surface area contributed by atoms with Gasteiger partial charge in [0.25, 0.3) is 0 Å².